The van der Waals surface area contributed by atoms with Crippen molar-refractivity contribution in [3.05, 3.63) is 121 Å². The van der Waals surface area contributed by atoms with Crippen LogP contribution in [0.15, 0.2) is 120 Å². The van der Waals surface area contributed by atoms with Crippen molar-refractivity contribution in [1.82, 2.24) is 9.19 Å². The molecular weight excluding hydrogens is 428 g/mol. The van der Waals surface area contributed by atoms with Crippen molar-refractivity contribution in [2.24, 2.45) is 0 Å². The quantitative estimate of drug-likeness (QED) is 0.310. The van der Waals surface area contributed by atoms with Gasteiger partial charge in [-0.1, -0.05) is 109 Å². The highest BCUT2D eigenvalue weighted by Gasteiger charge is 2.29. The molecule has 1 aromatic heterocycles. The third-order valence-electron chi connectivity index (χ3n) is 5.56. The Hall–Kier alpha value is -3.96. The molecule has 5 rings (SSSR count). The van der Waals surface area contributed by atoms with Gasteiger partial charge >= 0.3 is 0 Å². The van der Waals surface area contributed by atoms with Crippen LogP contribution in [-0.4, -0.2) is 17.6 Å². The molecule has 1 heterocycles. The van der Waals surface area contributed by atoms with Gasteiger partial charge in [0.15, 0.2) is 0 Å². The predicted octanol–water partition coefficient (Wildman–Crippen LogP) is 6.43. The van der Waals surface area contributed by atoms with E-state index in [4.69, 9.17) is 5.10 Å². The zero-order chi connectivity index (χ0) is 22.8. The van der Waals surface area contributed by atoms with Gasteiger partial charge in [0.1, 0.15) is 5.69 Å². The number of hydrogen-bond donors (Lipinski definition) is 0. The van der Waals surface area contributed by atoms with Crippen molar-refractivity contribution >= 4 is 10.0 Å². The maximum absolute atomic E-state index is 13.9. The predicted molar refractivity (Wildman–Crippen MR) is 132 cm³/mol. The van der Waals surface area contributed by atoms with E-state index in [1.807, 2.05) is 97.9 Å². The lowest BCUT2D eigenvalue weighted by molar-refractivity contribution is 0.581. The van der Waals surface area contributed by atoms with Crippen LogP contribution in [0.2, 0.25) is 0 Å². The minimum atomic E-state index is -3.95. The fraction of sp³-hybridized carbons (Fsp3) is 0.0357. The van der Waals surface area contributed by atoms with E-state index in [9.17, 15) is 8.42 Å². The molecule has 0 saturated heterocycles. The Kier molecular flexibility index (Phi) is 5.40. The largest absolute Gasteiger partial charge is 0.283 e. The highest BCUT2D eigenvalue weighted by atomic mass is 32.2. The minimum absolute atomic E-state index is 0.201. The topological polar surface area (TPSA) is 52.0 Å². The molecule has 5 heteroatoms. The van der Waals surface area contributed by atoms with Crippen molar-refractivity contribution in [3.63, 3.8) is 0 Å². The lowest BCUT2D eigenvalue weighted by Crippen LogP contribution is -2.16. The Morgan fingerprint density at radius 2 is 1.09 bits per heavy atom. The van der Waals surface area contributed by atoms with E-state index >= 15 is 0 Å². The van der Waals surface area contributed by atoms with E-state index in [2.05, 4.69) is 0 Å². The second-order valence-electron chi connectivity index (χ2n) is 7.83. The fourth-order valence-electron chi connectivity index (χ4n) is 3.91. The molecule has 162 valence electrons. The average Bonchev–Trinajstić information content (AvgIpc) is 3.28. The first-order chi connectivity index (χ1) is 16.1. The van der Waals surface area contributed by atoms with Gasteiger partial charge in [-0.3, -0.25) is 0 Å². The monoisotopic (exact) mass is 450 g/mol. The Labute approximate surface area is 193 Å². The van der Waals surface area contributed by atoms with Crippen LogP contribution in [0.1, 0.15) is 5.56 Å². The number of aryl methyl sites for hydroxylation is 1. The molecule has 0 radical (unpaired) electrons. The average molecular weight is 451 g/mol. The van der Waals surface area contributed by atoms with Gasteiger partial charge in [0.2, 0.25) is 0 Å². The lowest BCUT2D eigenvalue weighted by atomic mass is 9.96. The van der Waals surface area contributed by atoms with Crippen LogP contribution in [0.3, 0.4) is 0 Å². The molecular formula is C28H22N2O2S. The standard InChI is InChI=1S/C28H22N2O2S/c1-21-17-19-25(20-18-21)33(31,32)30-28(24-15-9-4-10-16-24)26(22-11-5-2-6-12-22)27(29-30)23-13-7-3-8-14-23/h2-20H,1H3. The van der Waals surface area contributed by atoms with Crippen LogP contribution < -0.4 is 0 Å². The summed E-state index contributed by atoms with van der Waals surface area (Å²) in [5, 5.41) is 4.73. The molecule has 0 amide bonds. The van der Waals surface area contributed by atoms with Gasteiger partial charge in [0, 0.05) is 16.7 Å². The molecule has 0 N–H and O–H groups in total. The van der Waals surface area contributed by atoms with Crippen LogP contribution in [-0.2, 0) is 10.0 Å². The van der Waals surface area contributed by atoms with Gasteiger partial charge in [0.25, 0.3) is 10.0 Å². The number of nitrogens with zero attached hydrogens (tertiary/aromatic N) is 2. The van der Waals surface area contributed by atoms with E-state index in [1.165, 1.54) is 4.09 Å². The van der Waals surface area contributed by atoms with Gasteiger partial charge < -0.3 is 0 Å². The van der Waals surface area contributed by atoms with Gasteiger partial charge in [0.05, 0.1) is 10.6 Å². The first-order valence-electron chi connectivity index (χ1n) is 10.7. The molecule has 0 fully saturated rings. The zero-order valence-corrected chi connectivity index (χ0v) is 18.9. The zero-order valence-electron chi connectivity index (χ0n) is 18.1. The van der Waals surface area contributed by atoms with Crippen molar-refractivity contribution < 1.29 is 8.42 Å². The SMILES string of the molecule is Cc1ccc(S(=O)(=O)n2nc(-c3ccccc3)c(-c3ccccc3)c2-c2ccccc2)cc1. The molecule has 0 atom stereocenters. The number of benzene rings is 4. The number of rotatable bonds is 5. The summed E-state index contributed by atoms with van der Waals surface area (Å²) in [7, 11) is -3.95. The molecule has 0 bridgehead atoms. The van der Waals surface area contributed by atoms with E-state index < -0.39 is 10.0 Å². The Morgan fingerprint density at radius 1 is 0.606 bits per heavy atom. The third kappa shape index (κ3) is 3.88. The number of aromatic nitrogens is 2. The normalized spacial score (nSPS) is 11.4. The molecule has 4 nitrogen and oxygen atoms in total. The molecule has 0 aliphatic heterocycles. The minimum Gasteiger partial charge on any atom is -0.199 e. The summed E-state index contributed by atoms with van der Waals surface area (Å²) in [6, 6.07) is 35.9. The Balaban J connectivity index is 1.89. The summed E-state index contributed by atoms with van der Waals surface area (Å²) >= 11 is 0. The van der Waals surface area contributed by atoms with E-state index in [0.717, 1.165) is 27.8 Å². The second-order valence-corrected chi connectivity index (χ2v) is 9.60. The molecule has 4 aromatic carbocycles. The van der Waals surface area contributed by atoms with Crippen LogP contribution in [0.4, 0.5) is 0 Å². The van der Waals surface area contributed by atoms with Crippen LogP contribution in [0.5, 0.6) is 0 Å². The molecule has 0 spiro atoms. The summed E-state index contributed by atoms with van der Waals surface area (Å²) in [6.07, 6.45) is 0. The summed E-state index contributed by atoms with van der Waals surface area (Å²) < 4.78 is 28.9. The Bertz CT molecular complexity index is 1490. The van der Waals surface area contributed by atoms with Crippen molar-refractivity contribution in [2.75, 3.05) is 0 Å². The Morgan fingerprint density at radius 3 is 1.64 bits per heavy atom. The smallest absolute Gasteiger partial charge is 0.199 e. The highest BCUT2D eigenvalue weighted by Crippen LogP contribution is 2.41. The molecule has 0 aliphatic carbocycles. The van der Waals surface area contributed by atoms with Crippen molar-refractivity contribution in [3.8, 4) is 33.6 Å². The van der Waals surface area contributed by atoms with Gasteiger partial charge in [-0.25, -0.2) is 0 Å². The summed E-state index contributed by atoms with van der Waals surface area (Å²) in [5.41, 5.74) is 5.47. The van der Waals surface area contributed by atoms with Crippen LogP contribution >= 0.6 is 0 Å². The van der Waals surface area contributed by atoms with Gasteiger partial charge in [-0.15, -0.1) is 0 Å². The second kappa shape index (κ2) is 8.52. The molecule has 0 saturated carbocycles. The van der Waals surface area contributed by atoms with Crippen LogP contribution in [0.25, 0.3) is 33.6 Å². The summed E-state index contributed by atoms with van der Waals surface area (Å²) in [4.78, 5) is 0.201. The molecule has 0 unspecified atom stereocenters. The molecule has 0 aliphatic rings. The highest BCUT2D eigenvalue weighted by molar-refractivity contribution is 7.90. The first kappa shape index (κ1) is 20.9. The van der Waals surface area contributed by atoms with Crippen molar-refractivity contribution in [1.29, 1.82) is 0 Å². The summed E-state index contributed by atoms with van der Waals surface area (Å²) in [5.74, 6) is 0. The van der Waals surface area contributed by atoms with Crippen molar-refractivity contribution in [2.45, 2.75) is 11.8 Å². The maximum atomic E-state index is 13.9. The van der Waals surface area contributed by atoms with Crippen LogP contribution in [0, 0.1) is 6.92 Å². The van der Waals surface area contributed by atoms with Gasteiger partial charge in [-0.05, 0) is 24.6 Å². The van der Waals surface area contributed by atoms with E-state index in [1.54, 1.807) is 24.3 Å². The maximum Gasteiger partial charge on any atom is 0.283 e. The molecule has 33 heavy (non-hydrogen) atoms. The first-order valence-corrected chi connectivity index (χ1v) is 12.1. The fourth-order valence-corrected chi connectivity index (χ4v) is 5.22. The van der Waals surface area contributed by atoms with E-state index in [0.29, 0.717) is 11.4 Å². The summed E-state index contributed by atoms with van der Waals surface area (Å²) in [6.45, 7) is 1.93. The van der Waals surface area contributed by atoms with Gasteiger partial charge in [-0.2, -0.15) is 17.6 Å². The molecule has 5 aromatic rings. The lowest BCUT2D eigenvalue weighted by Gasteiger charge is -2.11. The number of hydrogen-bond acceptors (Lipinski definition) is 3. The third-order valence-corrected chi connectivity index (χ3v) is 7.15. The van der Waals surface area contributed by atoms with E-state index in [-0.39, 0.29) is 4.90 Å².